The summed E-state index contributed by atoms with van der Waals surface area (Å²) in [4.78, 5) is 28.1. The maximum atomic E-state index is 13.7. The molecule has 37 heavy (non-hydrogen) atoms. The second kappa shape index (κ2) is 8.86. The third-order valence-corrected chi connectivity index (χ3v) is 6.48. The Morgan fingerprint density at radius 3 is 2.27 bits per heavy atom. The highest BCUT2D eigenvalue weighted by atomic mass is 32.1. The molecule has 2 amide bonds. The van der Waals surface area contributed by atoms with Crippen molar-refractivity contribution >= 4 is 39.1 Å². The first-order valence-electron chi connectivity index (χ1n) is 10.4. The van der Waals surface area contributed by atoms with Gasteiger partial charge in [-0.1, -0.05) is 0 Å². The number of alkyl halides is 6. The molecule has 4 aromatic rings. The quantitative estimate of drug-likeness (QED) is 0.355. The van der Waals surface area contributed by atoms with E-state index in [9.17, 15) is 35.9 Å². The molecule has 9 nitrogen and oxygen atoms in total. The first kappa shape index (κ1) is 26.1. The summed E-state index contributed by atoms with van der Waals surface area (Å²) in [5, 5.41) is 10.1. The molecule has 4 heterocycles. The van der Waals surface area contributed by atoms with Gasteiger partial charge in [-0.25, -0.2) is 4.98 Å². The van der Waals surface area contributed by atoms with Crippen LogP contribution in [0.4, 0.5) is 32.0 Å². The molecule has 0 aromatic carbocycles. The first-order valence-corrected chi connectivity index (χ1v) is 11.2. The number of hydrogen-bond donors (Lipinski definition) is 2. The molecular weight excluding hydrogens is 528 g/mol. The molecule has 0 bridgehead atoms. The number of fused-ring (bicyclic) bond motifs is 1. The summed E-state index contributed by atoms with van der Waals surface area (Å²) in [6.07, 6.45) is -8.15. The van der Waals surface area contributed by atoms with Crippen LogP contribution in [-0.4, -0.2) is 36.4 Å². The number of carbonyl (C=O) groups is 2. The van der Waals surface area contributed by atoms with Crippen LogP contribution in [0.5, 0.6) is 0 Å². The second-order valence-corrected chi connectivity index (χ2v) is 8.88. The summed E-state index contributed by atoms with van der Waals surface area (Å²) in [6, 6.07) is 1.26. The van der Waals surface area contributed by atoms with Gasteiger partial charge in [0.1, 0.15) is 21.1 Å². The van der Waals surface area contributed by atoms with Crippen molar-refractivity contribution in [3.05, 3.63) is 46.0 Å². The fraction of sp³-hybridized carbons (Fsp3) is 0.286. The minimum Gasteiger partial charge on any atom is -0.365 e. The summed E-state index contributed by atoms with van der Waals surface area (Å²) in [7, 11) is 0.989. The van der Waals surface area contributed by atoms with E-state index in [2.05, 4.69) is 20.5 Å². The van der Waals surface area contributed by atoms with Gasteiger partial charge in [-0.3, -0.25) is 19.0 Å². The Kier molecular flexibility index (Phi) is 6.26. The van der Waals surface area contributed by atoms with E-state index in [0.717, 1.165) is 13.1 Å². The number of pyridine rings is 1. The third-order valence-electron chi connectivity index (χ3n) is 5.38. The van der Waals surface area contributed by atoms with Crippen molar-refractivity contribution in [2.75, 3.05) is 5.32 Å². The molecule has 0 radical (unpaired) electrons. The zero-order chi connectivity index (χ0) is 27.4. The van der Waals surface area contributed by atoms with E-state index in [1.54, 1.807) is 13.8 Å². The molecule has 3 N–H and O–H groups in total. The lowest BCUT2D eigenvalue weighted by Gasteiger charge is -2.11. The molecule has 0 spiro atoms. The van der Waals surface area contributed by atoms with E-state index in [-0.39, 0.29) is 31.9 Å². The van der Waals surface area contributed by atoms with Crippen LogP contribution in [0.3, 0.4) is 0 Å². The minimum atomic E-state index is -4.85. The number of nitrogens with two attached hydrogens (primary N) is 1. The van der Waals surface area contributed by atoms with Crippen LogP contribution < -0.4 is 11.1 Å². The molecule has 4 aromatic heterocycles. The first-order chi connectivity index (χ1) is 17.1. The van der Waals surface area contributed by atoms with E-state index in [1.165, 1.54) is 10.9 Å². The fourth-order valence-corrected chi connectivity index (χ4v) is 4.72. The predicted octanol–water partition coefficient (Wildman–Crippen LogP) is 4.61. The SMILES string of the molecule is CCn1cc(-c2cc(C(F)(F)F)nc3sc(C(N)=O)c(NC(=O)c4cc(C(F)(F)F)n(C)n4)c23)c(C)n1. The van der Waals surface area contributed by atoms with Gasteiger partial charge in [-0.05, 0) is 25.5 Å². The zero-order valence-electron chi connectivity index (χ0n) is 19.2. The molecule has 0 unspecified atom stereocenters. The van der Waals surface area contributed by atoms with Crippen LogP contribution in [0, 0.1) is 6.92 Å². The molecule has 196 valence electrons. The molecule has 0 atom stereocenters. The molecule has 0 aliphatic carbocycles. The van der Waals surface area contributed by atoms with Crippen LogP contribution in [0.1, 0.15) is 44.2 Å². The number of aromatic nitrogens is 5. The number of primary amides is 1. The van der Waals surface area contributed by atoms with Crippen molar-refractivity contribution in [1.82, 2.24) is 24.5 Å². The number of thiophene rings is 1. The molecule has 0 aliphatic heterocycles. The Hall–Kier alpha value is -3.95. The maximum Gasteiger partial charge on any atom is 0.433 e. The summed E-state index contributed by atoms with van der Waals surface area (Å²) < 4.78 is 82.5. The van der Waals surface area contributed by atoms with Crippen molar-refractivity contribution in [3.63, 3.8) is 0 Å². The van der Waals surface area contributed by atoms with Gasteiger partial charge in [-0.15, -0.1) is 11.3 Å². The van der Waals surface area contributed by atoms with Gasteiger partial charge in [-0.2, -0.15) is 36.5 Å². The molecule has 0 saturated carbocycles. The number of halogens is 6. The van der Waals surface area contributed by atoms with Crippen LogP contribution in [0.2, 0.25) is 0 Å². The number of amides is 2. The van der Waals surface area contributed by atoms with Gasteiger partial charge in [0.2, 0.25) is 0 Å². The van der Waals surface area contributed by atoms with Crippen LogP contribution in [0.15, 0.2) is 18.3 Å². The number of nitrogens with zero attached hydrogens (tertiary/aromatic N) is 5. The molecule has 16 heteroatoms. The number of aryl methyl sites for hydroxylation is 3. The topological polar surface area (TPSA) is 121 Å². The standard InChI is InChI=1S/C21H17F6N7O2S/c1-4-34-7-10(8(2)31-34)9-5-12(20(22,23)24)29-19-14(9)15(16(37-19)17(28)35)30-18(36)11-6-13(21(25,26)27)33(3)32-11/h5-7H,4H2,1-3H3,(H2,28,35)(H,30,36). The fourth-order valence-electron chi connectivity index (χ4n) is 3.71. The van der Waals surface area contributed by atoms with Crippen molar-refractivity contribution in [3.8, 4) is 11.1 Å². The van der Waals surface area contributed by atoms with Crippen molar-refractivity contribution in [1.29, 1.82) is 0 Å². The van der Waals surface area contributed by atoms with Gasteiger partial charge in [0.15, 0.2) is 5.69 Å². The third kappa shape index (κ3) is 4.75. The van der Waals surface area contributed by atoms with Gasteiger partial charge < -0.3 is 11.1 Å². The molecule has 0 fully saturated rings. The van der Waals surface area contributed by atoms with Gasteiger partial charge in [0, 0.05) is 36.8 Å². The van der Waals surface area contributed by atoms with Gasteiger partial charge in [0.05, 0.1) is 11.4 Å². The Balaban J connectivity index is 1.96. The predicted molar refractivity (Wildman–Crippen MR) is 121 cm³/mol. The average molecular weight is 545 g/mol. The number of hydrogen-bond acceptors (Lipinski definition) is 6. The number of carbonyl (C=O) groups excluding carboxylic acids is 2. The van der Waals surface area contributed by atoms with E-state index in [0.29, 0.717) is 34.3 Å². The highest BCUT2D eigenvalue weighted by molar-refractivity contribution is 7.21. The summed E-state index contributed by atoms with van der Waals surface area (Å²) in [5.41, 5.74) is 2.60. The summed E-state index contributed by atoms with van der Waals surface area (Å²) in [5.74, 6) is -2.23. The van der Waals surface area contributed by atoms with E-state index in [4.69, 9.17) is 5.73 Å². The van der Waals surface area contributed by atoms with Crippen LogP contribution in [-0.2, 0) is 25.9 Å². The van der Waals surface area contributed by atoms with E-state index >= 15 is 0 Å². The summed E-state index contributed by atoms with van der Waals surface area (Å²) >= 11 is 0.506. The smallest absolute Gasteiger partial charge is 0.365 e. The van der Waals surface area contributed by atoms with Gasteiger partial charge >= 0.3 is 12.4 Å². The highest BCUT2D eigenvalue weighted by Crippen LogP contribution is 2.44. The molecule has 0 saturated heterocycles. The molecule has 0 aliphatic rings. The Labute approximate surface area is 207 Å². The van der Waals surface area contributed by atoms with Crippen molar-refractivity contribution in [2.45, 2.75) is 32.7 Å². The van der Waals surface area contributed by atoms with Crippen molar-refractivity contribution < 1.29 is 35.9 Å². The number of nitrogens with one attached hydrogen (secondary N) is 1. The highest BCUT2D eigenvalue weighted by Gasteiger charge is 2.37. The Morgan fingerprint density at radius 1 is 1.08 bits per heavy atom. The Morgan fingerprint density at radius 2 is 1.76 bits per heavy atom. The van der Waals surface area contributed by atoms with Gasteiger partial charge in [0.25, 0.3) is 11.8 Å². The van der Waals surface area contributed by atoms with E-state index in [1.807, 2.05) is 0 Å². The lowest BCUT2D eigenvalue weighted by atomic mass is 10.0. The van der Waals surface area contributed by atoms with E-state index < -0.39 is 41.2 Å². The number of anilines is 1. The normalized spacial score (nSPS) is 12.4. The molecule has 4 rings (SSSR count). The van der Waals surface area contributed by atoms with Crippen LogP contribution in [0.25, 0.3) is 21.3 Å². The van der Waals surface area contributed by atoms with Crippen molar-refractivity contribution in [2.24, 2.45) is 12.8 Å². The maximum absolute atomic E-state index is 13.7. The summed E-state index contributed by atoms with van der Waals surface area (Å²) in [6.45, 7) is 3.73. The minimum absolute atomic E-state index is 0.0501. The lowest BCUT2D eigenvalue weighted by Crippen LogP contribution is -2.17. The lowest BCUT2D eigenvalue weighted by molar-refractivity contribution is -0.143. The van der Waals surface area contributed by atoms with Crippen LogP contribution >= 0.6 is 11.3 Å². The Bertz CT molecular complexity index is 1550. The molecular formula is C21H17F6N7O2S. The largest absolute Gasteiger partial charge is 0.433 e. The monoisotopic (exact) mass is 545 g/mol. The second-order valence-electron chi connectivity index (χ2n) is 7.88. The zero-order valence-corrected chi connectivity index (χ0v) is 20.1. The number of rotatable bonds is 5. The average Bonchev–Trinajstić information content (AvgIpc) is 3.47.